The zero-order valence-corrected chi connectivity index (χ0v) is 14.3. The van der Waals surface area contributed by atoms with Gasteiger partial charge in [-0.25, -0.2) is 0 Å². The zero-order valence-electron chi connectivity index (χ0n) is 11.9. The van der Waals surface area contributed by atoms with Crippen LogP contribution in [-0.4, -0.2) is 50.0 Å². The first-order valence-corrected chi connectivity index (χ1v) is 5.54. The van der Waals surface area contributed by atoms with Gasteiger partial charge in [0.15, 0.2) is 0 Å². The van der Waals surface area contributed by atoms with E-state index in [1.165, 1.54) is 0 Å². The highest BCUT2D eigenvalue weighted by Gasteiger charge is 2.16. The topological polar surface area (TPSA) is 81.5 Å². The second-order valence-corrected chi connectivity index (χ2v) is 5.23. The van der Waals surface area contributed by atoms with Crippen LogP contribution >= 0.6 is 24.8 Å². The molecule has 0 saturated heterocycles. The van der Waals surface area contributed by atoms with Gasteiger partial charge >= 0.3 is 0 Å². The molecule has 0 aromatic heterocycles. The van der Waals surface area contributed by atoms with Crippen molar-refractivity contribution in [3.63, 3.8) is 0 Å². The monoisotopic (exact) mass is 347 g/mol. The second-order valence-electron chi connectivity index (χ2n) is 5.23. The molecule has 1 rings (SSSR count). The molecule has 1 unspecified atom stereocenters. The Balaban J connectivity index is -0.000000963. The van der Waals surface area contributed by atoms with Crippen LogP contribution in [0.4, 0.5) is 11.4 Å². The minimum Gasteiger partial charge on any atom is -1.00 e. The van der Waals surface area contributed by atoms with Crippen molar-refractivity contribution in [1.29, 1.82) is 0 Å². The van der Waals surface area contributed by atoms with Crippen LogP contribution in [-0.2, 0) is 0 Å². The number of ether oxygens (including phenoxy) is 1. The number of aliphatic hydroxyl groups is 1. The predicted molar refractivity (Wildman–Crippen MR) is 84.2 cm³/mol. The average Bonchev–Trinajstić information content (AvgIpc) is 2.13. The van der Waals surface area contributed by atoms with Crippen LogP contribution in [0, 0.1) is 0 Å². The average molecular weight is 349 g/mol. The summed E-state index contributed by atoms with van der Waals surface area (Å²) in [6.07, 6.45) is -0.521. The summed E-state index contributed by atoms with van der Waals surface area (Å²) < 4.78 is 6.14. The van der Waals surface area contributed by atoms with Gasteiger partial charge in [-0.1, -0.05) is 0 Å². The van der Waals surface area contributed by atoms with Crippen LogP contribution < -0.4 is 28.6 Å². The maximum absolute atomic E-state index is 9.79. The smallest absolute Gasteiger partial charge is 0.142 e. The van der Waals surface area contributed by atoms with E-state index in [4.69, 9.17) is 16.2 Å². The van der Waals surface area contributed by atoms with Gasteiger partial charge in [0.2, 0.25) is 0 Å². The van der Waals surface area contributed by atoms with Gasteiger partial charge in [-0.3, -0.25) is 0 Å². The Morgan fingerprint density at radius 3 is 2.20 bits per heavy atom. The molecule has 0 aliphatic rings. The molecule has 0 spiro atoms. The highest BCUT2D eigenvalue weighted by Crippen LogP contribution is 2.23. The standard InChI is InChI=1S/C12H22N3O2.3ClH/c1-15(2,3)7-10(16)8-17-12-5-4-9(13)6-11(12)14;;;/h4-6,10,16H,7-8,13-14H2,1-3H3;3*1H/q+1;;;/p-1. The fourth-order valence-electron chi connectivity index (χ4n) is 1.57. The highest BCUT2D eigenvalue weighted by atomic mass is 35.5. The van der Waals surface area contributed by atoms with Gasteiger partial charge in [-0.2, -0.15) is 0 Å². The Morgan fingerprint density at radius 1 is 1.20 bits per heavy atom. The van der Waals surface area contributed by atoms with Crippen LogP contribution in [0.15, 0.2) is 18.2 Å². The molecule has 1 atom stereocenters. The predicted octanol–water partition coefficient (Wildman–Crippen LogP) is -1.86. The molecule has 8 heteroatoms. The van der Waals surface area contributed by atoms with Crippen LogP contribution in [0.5, 0.6) is 5.75 Å². The molecule has 20 heavy (non-hydrogen) atoms. The summed E-state index contributed by atoms with van der Waals surface area (Å²) >= 11 is 0. The summed E-state index contributed by atoms with van der Waals surface area (Å²) in [5.74, 6) is 0.555. The van der Waals surface area contributed by atoms with E-state index < -0.39 is 6.10 Å². The SMILES string of the molecule is C[N+](C)(C)CC(O)COc1ccc(N)cc1N.Cl.Cl.[Cl-]. The Labute approximate surface area is 139 Å². The Bertz CT molecular complexity index is 387. The van der Waals surface area contributed by atoms with Crippen molar-refractivity contribution >= 4 is 36.2 Å². The first-order valence-electron chi connectivity index (χ1n) is 5.54. The van der Waals surface area contributed by atoms with Crippen LogP contribution in [0.1, 0.15) is 0 Å². The Hall–Kier alpha value is -0.590. The van der Waals surface area contributed by atoms with E-state index in [-0.39, 0.29) is 43.8 Å². The van der Waals surface area contributed by atoms with E-state index >= 15 is 0 Å². The Morgan fingerprint density at radius 2 is 1.75 bits per heavy atom. The first kappa shape index (κ1) is 24.4. The lowest BCUT2D eigenvalue weighted by Crippen LogP contribution is -3.00. The number of nitrogens with two attached hydrogens (primary N) is 2. The molecule has 0 aliphatic heterocycles. The van der Waals surface area contributed by atoms with E-state index in [0.717, 1.165) is 0 Å². The number of nitrogen functional groups attached to an aromatic ring is 2. The van der Waals surface area contributed by atoms with Crippen molar-refractivity contribution < 1.29 is 26.7 Å². The number of hydrogen-bond acceptors (Lipinski definition) is 4. The van der Waals surface area contributed by atoms with E-state index in [9.17, 15) is 5.11 Å². The number of likely N-dealkylation sites (N-methyl/N-ethyl adjacent to an activating group) is 1. The number of quaternary nitrogens is 1. The summed E-state index contributed by atoms with van der Waals surface area (Å²) in [6, 6.07) is 5.07. The lowest BCUT2D eigenvalue weighted by Gasteiger charge is -2.26. The molecule has 0 amide bonds. The molecule has 0 saturated carbocycles. The summed E-state index contributed by atoms with van der Waals surface area (Å²) in [5.41, 5.74) is 12.4. The maximum Gasteiger partial charge on any atom is 0.142 e. The second kappa shape index (κ2) is 10.2. The Kier molecular flexibility index (Phi) is 12.4. The number of halogens is 3. The first-order chi connectivity index (χ1) is 7.78. The number of aliphatic hydroxyl groups excluding tert-OH is 1. The summed E-state index contributed by atoms with van der Waals surface area (Å²) in [7, 11) is 6.04. The fourth-order valence-corrected chi connectivity index (χ4v) is 1.57. The quantitative estimate of drug-likeness (QED) is 0.431. The van der Waals surface area contributed by atoms with Crippen LogP contribution in [0.2, 0.25) is 0 Å². The molecule has 5 N–H and O–H groups in total. The molecular formula is C12H24Cl3N3O2. The van der Waals surface area contributed by atoms with Crippen molar-refractivity contribution in [2.75, 3.05) is 45.8 Å². The number of nitrogens with zero attached hydrogens (tertiary/aromatic N) is 1. The van der Waals surface area contributed by atoms with E-state index in [2.05, 4.69) is 0 Å². The minimum atomic E-state index is -0.521. The van der Waals surface area contributed by atoms with Crippen molar-refractivity contribution in [1.82, 2.24) is 0 Å². The lowest BCUT2D eigenvalue weighted by molar-refractivity contribution is -0.873. The van der Waals surface area contributed by atoms with E-state index in [0.29, 0.717) is 28.2 Å². The van der Waals surface area contributed by atoms with Gasteiger partial charge in [0.25, 0.3) is 0 Å². The van der Waals surface area contributed by atoms with E-state index in [1.54, 1.807) is 18.2 Å². The highest BCUT2D eigenvalue weighted by molar-refractivity contribution is 5.85. The van der Waals surface area contributed by atoms with Crippen molar-refractivity contribution in [2.45, 2.75) is 6.10 Å². The molecule has 0 radical (unpaired) electrons. The number of rotatable bonds is 5. The summed E-state index contributed by atoms with van der Waals surface area (Å²) in [5, 5.41) is 9.79. The molecule has 0 fully saturated rings. The molecular weight excluding hydrogens is 325 g/mol. The third-order valence-electron chi connectivity index (χ3n) is 2.22. The summed E-state index contributed by atoms with van der Waals surface area (Å²) in [4.78, 5) is 0. The third kappa shape index (κ3) is 9.34. The molecule has 5 nitrogen and oxygen atoms in total. The number of anilines is 2. The third-order valence-corrected chi connectivity index (χ3v) is 2.22. The number of hydrogen-bond donors (Lipinski definition) is 3. The molecule has 0 bridgehead atoms. The van der Waals surface area contributed by atoms with Crippen LogP contribution in [0.25, 0.3) is 0 Å². The minimum absolute atomic E-state index is 0. The fraction of sp³-hybridized carbons (Fsp3) is 0.500. The van der Waals surface area contributed by atoms with Gasteiger partial charge in [0, 0.05) is 5.69 Å². The largest absolute Gasteiger partial charge is 1.00 e. The maximum atomic E-state index is 9.79. The molecule has 1 aromatic rings. The van der Waals surface area contributed by atoms with Gasteiger partial charge in [0.1, 0.15) is 25.0 Å². The molecule has 120 valence electrons. The zero-order chi connectivity index (χ0) is 13.1. The van der Waals surface area contributed by atoms with Gasteiger partial charge < -0.3 is 38.2 Å². The normalized spacial score (nSPS) is 11.4. The van der Waals surface area contributed by atoms with E-state index in [1.807, 2.05) is 21.1 Å². The van der Waals surface area contributed by atoms with Crippen molar-refractivity contribution in [2.24, 2.45) is 0 Å². The molecule has 1 aromatic carbocycles. The lowest BCUT2D eigenvalue weighted by atomic mass is 10.2. The van der Waals surface area contributed by atoms with Gasteiger partial charge in [0.05, 0.1) is 26.8 Å². The van der Waals surface area contributed by atoms with Crippen molar-refractivity contribution in [3.05, 3.63) is 18.2 Å². The summed E-state index contributed by atoms with van der Waals surface area (Å²) in [6.45, 7) is 0.846. The van der Waals surface area contributed by atoms with Crippen molar-refractivity contribution in [3.8, 4) is 5.75 Å². The van der Waals surface area contributed by atoms with Gasteiger partial charge in [-0.15, -0.1) is 24.8 Å². The van der Waals surface area contributed by atoms with Gasteiger partial charge in [-0.05, 0) is 18.2 Å². The van der Waals surface area contributed by atoms with Crippen LogP contribution in [0.3, 0.4) is 0 Å². The molecule has 0 heterocycles. The molecule has 0 aliphatic carbocycles. The number of benzene rings is 1.